The third-order valence-corrected chi connectivity index (χ3v) is 8.02. The highest BCUT2D eigenvalue weighted by Crippen LogP contribution is 2.58. The Bertz CT molecular complexity index is 1080. The summed E-state index contributed by atoms with van der Waals surface area (Å²) in [4.78, 5) is 12.2. The van der Waals surface area contributed by atoms with Crippen LogP contribution in [0.5, 0.6) is 11.5 Å². The number of carbonyl (C=O) groups is 1. The fraction of sp³-hybridized carbons (Fsp3) is 0.414. The van der Waals surface area contributed by atoms with Crippen LogP contribution in [0.15, 0.2) is 48.6 Å². The summed E-state index contributed by atoms with van der Waals surface area (Å²) in [6.45, 7) is 2.18. The number of ketones is 1. The Morgan fingerprint density at radius 3 is 2.50 bits per heavy atom. The van der Waals surface area contributed by atoms with Gasteiger partial charge in [-0.05, 0) is 96.4 Å². The fourth-order valence-corrected chi connectivity index (χ4v) is 6.27. The van der Waals surface area contributed by atoms with Crippen LogP contribution in [0.2, 0.25) is 0 Å². The standard InChI is InChI=1S/C18H20O2.C10H10O.CH4/c1-18-9-8-14-13-5-3-12(19)10-11(13)2-4-15(14)16(18)6-7-17(18)20;11-10-6-5-8-3-1-2-4-9(8)7-10;/h2-5,10,14-16,19H,6-9H2,1H3;2,4-7,11H,1,3H2;1H4/t14?,15?,16?,18-;;/m0../s1. The highest BCUT2D eigenvalue weighted by Gasteiger charge is 2.53. The van der Waals surface area contributed by atoms with E-state index in [1.807, 2.05) is 18.2 Å². The Hall–Kier alpha value is -2.81. The van der Waals surface area contributed by atoms with Gasteiger partial charge in [-0.25, -0.2) is 0 Å². The summed E-state index contributed by atoms with van der Waals surface area (Å²) >= 11 is 0. The third kappa shape index (κ3) is 3.79. The van der Waals surface area contributed by atoms with Gasteiger partial charge in [0.05, 0.1) is 0 Å². The van der Waals surface area contributed by atoms with Crippen molar-refractivity contribution in [2.75, 3.05) is 0 Å². The van der Waals surface area contributed by atoms with Crippen molar-refractivity contribution in [1.82, 2.24) is 0 Å². The van der Waals surface area contributed by atoms with E-state index in [1.54, 1.807) is 12.1 Å². The molecule has 0 amide bonds. The molecular formula is C29H34O3. The molecule has 2 aromatic carbocycles. The molecule has 4 atom stereocenters. The van der Waals surface area contributed by atoms with E-state index in [0.29, 0.717) is 35.0 Å². The lowest BCUT2D eigenvalue weighted by Crippen LogP contribution is -2.40. The second kappa shape index (κ2) is 8.61. The number of benzene rings is 2. The number of rotatable bonds is 0. The maximum Gasteiger partial charge on any atom is 0.139 e. The van der Waals surface area contributed by atoms with Crippen LogP contribution in [-0.2, 0) is 11.2 Å². The van der Waals surface area contributed by atoms with E-state index in [4.69, 9.17) is 5.11 Å². The van der Waals surface area contributed by atoms with E-state index in [2.05, 4.69) is 37.3 Å². The van der Waals surface area contributed by atoms with Gasteiger partial charge in [0.2, 0.25) is 0 Å². The molecule has 3 unspecified atom stereocenters. The minimum absolute atomic E-state index is 0. The normalized spacial score (nSPS) is 28.9. The predicted molar refractivity (Wildman–Crippen MR) is 131 cm³/mol. The molecule has 6 rings (SSSR count). The van der Waals surface area contributed by atoms with Gasteiger partial charge in [0.1, 0.15) is 17.3 Å². The first kappa shape index (κ1) is 22.4. The van der Waals surface area contributed by atoms with Gasteiger partial charge in [-0.1, -0.05) is 50.8 Å². The van der Waals surface area contributed by atoms with Crippen molar-refractivity contribution in [3.8, 4) is 11.5 Å². The van der Waals surface area contributed by atoms with Crippen molar-refractivity contribution in [3.63, 3.8) is 0 Å². The molecule has 0 heterocycles. The second-order valence-electron chi connectivity index (χ2n) is 9.70. The molecule has 0 saturated heterocycles. The van der Waals surface area contributed by atoms with Crippen molar-refractivity contribution >= 4 is 17.9 Å². The number of phenolic OH excluding ortho intramolecular Hbond substituents is 2. The number of fused-ring (bicyclic) bond motifs is 6. The highest BCUT2D eigenvalue weighted by atomic mass is 16.3. The molecule has 0 radical (unpaired) electrons. The maximum absolute atomic E-state index is 12.2. The third-order valence-electron chi connectivity index (χ3n) is 8.02. The van der Waals surface area contributed by atoms with Crippen molar-refractivity contribution in [2.45, 2.75) is 58.8 Å². The van der Waals surface area contributed by atoms with Gasteiger partial charge in [-0.3, -0.25) is 4.79 Å². The Kier molecular flexibility index (Phi) is 6.03. The summed E-state index contributed by atoms with van der Waals surface area (Å²) in [5, 5.41) is 18.8. The number of allylic oxidation sites excluding steroid dienone is 2. The van der Waals surface area contributed by atoms with Crippen molar-refractivity contribution in [2.24, 2.45) is 17.3 Å². The first-order valence-corrected chi connectivity index (χ1v) is 11.5. The number of hydrogen-bond acceptors (Lipinski definition) is 3. The summed E-state index contributed by atoms with van der Waals surface area (Å²) in [5.74, 6) is 2.70. The SMILES string of the molecule is C.C[C@]12CCC3c4ccc(O)cc4C=CC3C1CCC2=O.Oc1ccc2c(c1)C=CCC2. The number of aromatic hydroxyl groups is 2. The fourth-order valence-electron chi connectivity index (χ4n) is 6.27. The lowest BCUT2D eigenvalue weighted by molar-refractivity contribution is -0.128. The molecule has 0 spiro atoms. The summed E-state index contributed by atoms with van der Waals surface area (Å²) in [6.07, 6.45) is 14.8. The van der Waals surface area contributed by atoms with Gasteiger partial charge in [-0.15, -0.1) is 0 Å². The number of carbonyl (C=O) groups excluding carboxylic acids is 1. The molecule has 0 aliphatic heterocycles. The quantitative estimate of drug-likeness (QED) is 0.479. The van der Waals surface area contributed by atoms with Crippen LogP contribution < -0.4 is 0 Å². The molecule has 3 nitrogen and oxygen atoms in total. The molecule has 2 saturated carbocycles. The smallest absolute Gasteiger partial charge is 0.139 e. The number of Topliss-reactive ketones (excluding diaryl/α,β-unsaturated/α-hetero) is 1. The molecule has 0 aromatic heterocycles. The monoisotopic (exact) mass is 430 g/mol. The van der Waals surface area contributed by atoms with Crippen molar-refractivity contribution < 1.29 is 15.0 Å². The first-order valence-electron chi connectivity index (χ1n) is 11.5. The van der Waals surface area contributed by atoms with Gasteiger partial charge in [0.15, 0.2) is 0 Å². The average molecular weight is 431 g/mol. The van der Waals surface area contributed by atoms with Gasteiger partial charge >= 0.3 is 0 Å². The second-order valence-corrected chi connectivity index (χ2v) is 9.70. The molecule has 32 heavy (non-hydrogen) atoms. The van der Waals surface area contributed by atoms with E-state index < -0.39 is 0 Å². The zero-order valence-electron chi connectivity index (χ0n) is 18.1. The zero-order valence-corrected chi connectivity index (χ0v) is 18.1. The largest absolute Gasteiger partial charge is 0.508 e. The maximum atomic E-state index is 12.2. The van der Waals surface area contributed by atoms with Crippen molar-refractivity contribution in [3.05, 3.63) is 70.8 Å². The summed E-state index contributed by atoms with van der Waals surface area (Å²) in [5.41, 5.74) is 4.93. The van der Waals surface area contributed by atoms with Crippen LogP contribution in [0.25, 0.3) is 12.2 Å². The van der Waals surface area contributed by atoms with Crippen LogP contribution in [-0.4, -0.2) is 16.0 Å². The predicted octanol–water partition coefficient (Wildman–Crippen LogP) is 6.89. The minimum Gasteiger partial charge on any atom is -0.508 e. The van der Waals surface area contributed by atoms with Crippen LogP contribution >= 0.6 is 0 Å². The van der Waals surface area contributed by atoms with E-state index in [-0.39, 0.29) is 12.8 Å². The Morgan fingerprint density at radius 1 is 0.938 bits per heavy atom. The molecule has 4 aliphatic carbocycles. The molecule has 2 fully saturated rings. The van der Waals surface area contributed by atoms with E-state index in [9.17, 15) is 9.90 Å². The van der Waals surface area contributed by atoms with E-state index in [1.165, 1.54) is 11.1 Å². The molecule has 2 aromatic rings. The van der Waals surface area contributed by atoms with Crippen LogP contribution in [0.4, 0.5) is 0 Å². The van der Waals surface area contributed by atoms with E-state index >= 15 is 0 Å². The van der Waals surface area contributed by atoms with Crippen LogP contribution in [0.1, 0.15) is 74.6 Å². The van der Waals surface area contributed by atoms with Gasteiger partial charge in [0.25, 0.3) is 0 Å². The topological polar surface area (TPSA) is 57.5 Å². The van der Waals surface area contributed by atoms with Crippen LogP contribution in [0, 0.1) is 17.3 Å². The van der Waals surface area contributed by atoms with Gasteiger partial charge in [-0.2, -0.15) is 0 Å². The first-order chi connectivity index (χ1) is 15.0. The average Bonchev–Trinajstić information content (AvgIpc) is 3.08. The van der Waals surface area contributed by atoms with E-state index in [0.717, 1.165) is 49.7 Å². The summed E-state index contributed by atoms with van der Waals surface area (Å²) < 4.78 is 0. The molecule has 4 aliphatic rings. The lowest BCUT2D eigenvalue weighted by Gasteiger charge is -2.46. The molecule has 168 valence electrons. The lowest BCUT2D eigenvalue weighted by atomic mass is 9.57. The zero-order chi connectivity index (χ0) is 21.6. The highest BCUT2D eigenvalue weighted by molar-refractivity contribution is 5.87. The van der Waals surface area contributed by atoms with Crippen molar-refractivity contribution in [1.29, 1.82) is 0 Å². The molecule has 0 bridgehead atoms. The number of aryl methyl sites for hydroxylation is 1. The van der Waals surface area contributed by atoms with Gasteiger partial charge in [0, 0.05) is 11.8 Å². The Morgan fingerprint density at radius 2 is 1.69 bits per heavy atom. The van der Waals surface area contributed by atoms with Gasteiger partial charge < -0.3 is 10.2 Å². The minimum atomic E-state index is -0.0834. The van der Waals surface area contributed by atoms with Crippen LogP contribution in [0.3, 0.4) is 0 Å². The molecule has 2 N–H and O–H groups in total. The number of hydrogen-bond donors (Lipinski definition) is 2. The Labute approximate surface area is 191 Å². The summed E-state index contributed by atoms with van der Waals surface area (Å²) in [7, 11) is 0. The molecular weight excluding hydrogens is 396 g/mol. The summed E-state index contributed by atoms with van der Waals surface area (Å²) in [6, 6.07) is 11.3. The Balaban J connectivity index is 0.000000174. The molecule has 3 heteroatoms. The number of phenols is 2.